The van der Waals surface area contributed by atoms with Crippen molar-refractivity contribution < 1.29 is 130 Å². The quantitative estimate of drug-likeness (QED) is 0.0592. The Labute approximate surface area is 308 Å². The Morgan fingerprint density at radius 2 is 1.44 bits per heavy atom. The van der Waals surface area contributed by atoms with Gasteiger partial charge in [-0.1, -0.05) is 24.1 Å². The van der Waals surface area contributed by atoms with Gasteiger partial charge in [0.2, 0.25) is 5.95 Å². The van der Waals surface area contributed by atoms with Crippen LogP contribution < -0.4 is 74.6 Å². The summed E-state index contributed by atoms with van der Waals surface area (Å²) < 4.78 is 122. The number of azo groups is 1. The van der Waals surface area contributed by atoms with E-state index in [-0.39, 0.29) is 105 Å². The molecule has 0 saturated heterocycles. The molecule has 0 aliphatic carbocycles. The Balaban J connectivity index is 0.00000337. The van der Waals surface area contributed by atoms with Gasteiger partial charge >= 0.3 is 82.3 Å². The summed E-state index contributed by atoms with van der Waals surface area (Å²) in [6.07, 6.45) is -1.40. The number of aromatic nitrogens is 2. The second-order valence-corrected chi connectivity index (χ2v) is 12.6. The van der Waals surface area contributed by atoms with E-state index in [4.69, 9.17) is 0 Å². The normalized spacial score (nSPS) is 11.7. The van der Waals surface area contributed by atoms with Gasteiger partial charge in [0.25, 0.3) is 0 Å². The predicted octanol–water partition coefficient (Wildman–Crippen LogP) is -4.05. The molecule has 15 nitrogen and oxygen atoms in total. The van der Waals surface area contributed by atoms with Gasteiger partial charge in [0.15, 0.2) is 9.84 Å². The van der Waals surface area contributed by atoms with E-state index < -0.39 is 79.7 Å². The summed E-state index contributed by atoms with van der Waals surface area (Å²) in [6, 6.07) is 5.61. The minimum absolute atomic E-state index is 0. The van der Waals surface area contributed by atoms with Gasteiger partial charge in [-0.15, -0.1) is 5.11 Å². The molecule has 1 aromatic heterocycles. The molecule has 1 radical (unpaired) electrons. The first-order chi connectivity index (χ1) is 19.4. The molecule has 4 rings (SSSR count). The summed E-state index contributed by atoms with van der Waals surface area (Å²) in [5.74, 6) is -4.42. The fourth-order valence-corrected chi connectivity index (χ4v) is 5.56. The third kappa shape index (κ3) is 9.25. The van der Waals surface area contributed by atoms with Crippen LogP contribution in [0.2, 0.25) is 0 Å². The van der Waals surface area contributed by atoms with Crippen molar-refractivity contribution in [3.8, 4) is 11.5 Å². The Hall–Kier alpha value is -2.11. The molecular formula is C22H11CuF2N5Na2O10S3. The second kappa shape index (κ2) is 15.2. The van der Waals surface area contributed by atoms with Crippen LogP contribution in [0.4, 0.5) is 31.7 Å². The maximum atomic E-state index is 13.4. The molecule has 0 atom stereocenters. The summed E-state index contributed by atoms with van der Waals surface area (Å²) in [7, 11) is -15.5. The Kier molecular flexibility index (Phi) is 13.8. The van der Waals surface area contributed by atoms with E-state index in [2.05, 4.69) is 32.1 Å². The molecule has 45 heavy (non-hydrogen) atoms. The first kappa shape index (κ1) is 40.9. The average molecular weight is 749 g/mol. The van der Waals surface area contributed by atoms with Gasteiger partial charge in [0.05, 0.1) is 21.2 Å². The van der Waals surface area contributed by atoms with E-state index >= 15 is 0 Å². The Morgan fingerprint density at radius 1 is 0.822 bits per heavy atom. The van der Waals surface area contributed by atoms with Crippen LogP contribution in [0.15, 0.2) is 79.4 Å². The first-order valence-corrected chi connectivity index (χ1v) is 15.1. The van der Waals surface area contributed by atoms with Crippen LogP contribution in [0.5, 0.6) is 11.5 Å². The predicted molar refractivity (Wildman–Crippen MR) is 132 cm³/mol. The van der Waals surface area contributed by atoms with Gasteiger partial charge < -0.3 is 24.6 Å². The van der Waals surface area contributed by atoms with Gasteiger partial charge in [0, 0.05) is 22.1 Å². The molecule has 229 valence electrons. The third-order valence-corrected chi connectivity index (χ3v) is 8.35. The number of anilines is 2. The summed E-state index contributed by atoms with van der Waals surface area (Å²) in [4.78, 5) is 2.43. The molecule has 0 aliphatic heterocycles. The van der Waals surface area contributed by atoms with Gasteiger partial charge in [0.1, 0.15) is 26.1 Å². The molecule has 4 aromatic rings. The van der Waals surface area contributed by atoms with E-state index in [0.29, 0.717) is 17.5 Å². The molecule has 0 aliphatic rings. The molecule has 0 fully saturated rings. The van der Waals surface area contributed by atoms with Crippen molar-refractivity contribution in [2.24, 2.45) is 10.2 Å². The molecule has 0 bridgehead atoms. The van der Waals surface area contributed by atoms with Crippen LogP contribution in [0.3, 0.4) is 0 Å². The van der Waals surface area contributed by atoms with E-state index in [0.717, 1.165) is 18.2 Å². The molecule has 0 amide bonds. The first-order valence-electron chi connectivity index (χ1n) is 10.7. The zero-order valence-electron chi connectivity index (χ0n) is 22.5. The van der Waals surface area contributed by atoms with Crippen LogP contribution >= 0.6 is 0 Å². The van der Waals surface area contributed by atoms with Crippen molar-refractivity contribution in [3.05, 3.63) is 66.5 Å². The van der Waals surface area contributed by atoms with Crippen LogP contribution in [-0.2, 0) is 47.1 Å². The maximum absolute atomic E-state index is 13.4. The van der Waals surface area contributed by atoms with Crippen molar-refractivity contribution in [2.75, 3.05) is 5.32 Å². The number of fused-ring (bicyclic) bond motifs is 1. The maximum Gasteiger partial charge on any atom is 2.00 e. The number of rotatable bonds is 8. The smallest absolute Gasteiger partial charge is 0.871 e. The molecule has 23 heteroatoms. The summed E-state index contributed by atoms with van der Waals surface area (Å²) in [5, 5.41) is 34.7. The molecule has 1 heterocycles. The number of hydrogen-bond donors (Lipinski definition) is 1. The van der Waals surface area contributed by atoms with Crippen LogP contribution in [0.25, 0.3) is 10.8 Å². The largest absolute Gasteiger partial charge is 2.00 e. The topological polar surface area (TPSA) is 257 Å². The minimum atomic E-state index is -5.56. The number of nitrogens with one attached hydrogen (secondary N) is 1. The minimum Gasteiger partial charge on any atom is -0.871 e. The van der Waals surface area contributed by atoms with Crippen molar-refractivity contribution in [1.82, 2.24) is 9.97 Å². The van der Waals surface area contributed by atoms with Crippen molar-refractivity contribution in [3.63, 3.8) is 0 Å². The number of halogens is 2. The van der Waals surface area contributed by atoms with E-state index in [1.54, 1.807) is 0 Å². The molecular weight excluding hydrogens is 738 g/mol. The van der Waals surface area contributed by atoms with Crippen molar-refractivity contribution >= 4 is 63.7 Å². The van der Waals surface area contributed by atoms with Crippen LogP contribution in [0, 0.1) is 12.0 Å². The average Bonchev–Trinajstić information content (AvgIpc) is 2.86. The molecule has 0 spiro atoms. The number of nitrogens with zero attached hydrogens (tertiary/aromatic N) is 4. The van der Waals surface area contributed by atoms with Gasteiger partial charge in [-0.25, -0.2) is 25.3 Å². The van der Waals surface area contributed by atoms with Crippen LogP contribution in [0.1, 0.15) is 0 Å². The number of benzene rings is 3. The van der Waals surface area contributed by atoms with E-state index in [9.17, 15) is 53.4 Å². The van der Waals surface area contributed by atoms with Gasteiger partial charge in [-0.05, 0) is 41.1 Å². The fraction of sp³-hybridized carbons (Fsp3) is 0. The summed E-state index contributed by atoms with van der Waals surface area (Å²) in [6.45, 7) is 3.03. The number of sulfone groups is 1. The molecule has 1 N–H and O–H groups in total. The van der Waals surface area contributed by atoms with Gasteiger partial charge in [-0.3, -0.25) is 0 Å². The Bertz CT molecular complexity index is 2160. The number of hydrogen-bond acceptors (Lipinski definition) is 15. The van der Waals surface area contributed by atoms with Crippen molar-refractivity contribution in [1.29, 1.82) is 0 Å². The fourth-order valence-electron chi connectivity index (χ4n) is 3.49. The monoisotopic (exact) mass is 748 g/mol. The second-order valence-electron chi connectivity index (χ2n) is 8.05. The van der Waals surface area contributed by atoms with Crippen molar-refractivity contribution in [2.45, 2.75) is 14.7 Å². The standard InChI is InChI=1S/C22H15F2N5O10S3.Cu.2Na/c1-2-40(32,33)12-7-14(21(31)16(8-12)42(37,38)39)28-29-19-15(41(34,35)36)6-10-5-11(3-4-13(10)20(19)30)25-18-9-17(23)26-22(24)27-18;;;/h2-9,30-31H,1H2,(H,25,26,27)(H,34,35,36)(H,37,38,39);;;/q;+2;2*+1/p-4. The SMILES string of the molecule is C=CS(=O)(=O)c1cc(N=Nc2c(S(=O)(=O)[O-])cc3cc(Nc4cc(F)nc(F)n4)ccc3c2[O-])c([O-])c(S(=O)(=O)[O-])c1.[Cu+2].[Na+].[Na+]. The zero-order valence-corrected chi connectivity index (χ0v) is 29.9. The summed E-state index contributed by atoms with van der Waals surface area (Å²) in [5.41, 5.74) is -2.21. The van der Waals surface area contributed by atoms with E-state index in [1.165, 1.54) is 6.07 Å². The van der Waals surface area contributed by atoms with Gasteiger partial charge in [-0.2, -0.15) is 23.9 Å². The Morgan fingerprint density at radius 3 is 2.00 bits per heavy atom. The zero-order chi connectivity index (χ0) is 31.2. The van der Waals surface area contributed by atoms with E-state index in [1.807, 2.05) is 0 Å². The third-order valence-electron chi connectivity index (χ3n) is 5.32. The van der Waals surface area contributed by atoms with Crippen LogP contribution in [-0.4, -0.2) is 44.3 Å². The molecule has 0 unspecified atom stereocenters. The summed E-state index contributed by atoms with van der Waals surface area (Å²) >= 11 is 0. The molecule has 3 aromatic carbocycles. The molecule has 0 saturated carbocycles.